The summed E-state index contributed by atoms with van der Waals surface area (Å²) in [5.41, 5.74) is 4.95. The molecule has 19 heavy (non-hydrogen) atoms. The zero-order chi connectivity index (χ0) is 13.9. The summed E-state index contributed by atoms with van der Waals surface area (Å²) in [4.78, 5) is 16.6. The molecule has 0 aliphatic carbocycles. The van der Waals surface area contributed by atoms with Crippen LogP contribution >= 0.6 is 12.2 Å². The van der Waals surface area contributed by atoms with Crippen LogP contribution in [0.5, 0.6) is 0 Å². The predicted octanol–water partition coefficient (Wildman–Crippen LogP) is -0.486. The summed E-state index contributed by atoms with van der Waals surface area (Å²) in [6, 6.07) is 0. The van der Waals surface area contributed by atoms with Crippen LogP contribution in [0.4, 0.5) is 0 Å². The van der Waals surface area contributed by atoms with E-state index in [0.717, 1.165) is 0 Å². The molecule has 7 nitrogen and oxygen atoms in total. The van der Waals surface area contributed by atoms with E-state index < -0.39 is 5.41 Å². The van der Waals surface area contributed by atoms with Crippen LogP contribution in [0.3, 0.4) is 0 Å². The maximum Gasteiger partial charge on any atom is 0.233 e. The van der Waals surface area contributed by atoms with E-state index in [-0.39, 0.29) is 17.4 Å². The van der Waals surface area contributed by atoms with Crippen molar-refractivity contribution in [1.82, 2.24) is 20.1 Å². The lowest BCUT2D eigenvalue weighted by Gasteiger charge is -2.34. The minimum absolute atomic E-state index is 0.171. The predicted molar refractivity (Wildman–Crippen MR) is 72.1 cm³/mol. The number of nitrogens with zero attached hydrogens (tertiary/aromatic N) is 3. The van der Waals surface area contributed by atoms with E-state index in [9.17, 15) is 4.79 Å². The summed E-state index contributed by atoms with van der Waals surface area (Å²) in [7, 11) is 1.77. The summed E-state index contributed by atoms with van der Waals surface area (Å²) in [6.45, 7) is 1.25. The maximum absolute atomic E-state index is 12.3. The Morgan fingerprint density at radius 1 is 1.63 bits per heavy atom. The lowest BCUT2D eigenvalue weighted by Crippen LogP contribution is -2.51. The molecule has 2 rings (SSSR count). The van der Waals surface area contributed by atoms with Crippen LogP contribution in [-0.2, 0) is 23.1 Å². The molecule has 3 N–H and O–H groups in total. The van der Waals surface area contributed by atoms with Crippen LogP contribution in [0.1, 0.15) is 18.7 Å². The summed E-state index contributed by atoms with van der Waals surface area (Å²) in [6.07, 6.45) is 2.62. The number of hydrogen-bond acceptors (Lipinski definition) is 5. The first kappa shape index (κ1) is 13.9. The Morgan fingerprint density at radius 2 is 2.32 bits per heavy atom. The summed E-state index contributed by atoms with van der Waals surface area (Å²) in [5, 5.41) is 6.90. The first-order valence-electron chi connectivity index (χ1n) is 6.05. The Hall–Kier alpha value is -1.54. The fourth-order valence-electron chi connectivity index (χ4n) is 2.10. The van der Waals surface area contributed by atoms with Gasteiger partial charge < -0.3 is 15.8 Å². The highest BCUT2D eigenvalue weighted by Gasteiger charge is 2.42. The average Bonchev–Trinajstić information content (AvgIpc) is 2.82. The zero-order valence-electron chi connectivity index (χ0n) is 10.8. The second-order valence-corrected chi connectivity index (χ2v) is 5.02. The van der Waals surface area contributed by atoms with Gasteiger partial charge in [0.1, 0.15) is 11.7 Å². The van der Waals surface area contributed by atoms with Crippen molar-refractivity contribution in [2.24, 2.45) is 18.2 Å². The molecule has 2 heterocycles. The molecule has 1 aromatic rings. The van der Waals surface area contributed by atoms with Gasteiger partial charge in [0.2, 0.25) is 5.91 Å². The van der Waals surface area contributed by atoms with Gasteiger partial charge in [0.15, 0.2) is 5.82 Å². The number of thiocarbonyl (C=S) groups is 1. The third kappa shape index (κ3) is 2.90. The van der Waals surface area contributed by atoms with Crippen molar-refractivity contribution in [2.45, 2.75) is 19.4 Å². The fourth-order valence-corrected chi connectivity index (χ4v) is 2.40. The molecule has 1 amide bonds. The number of carbonyl (C=O) groups is 1. The number of amides is 1. The van der Waals surface area contributed by atoms with Gasteiger partial charge in [-0.15, -0.1) is 0 Å². The number of aromatic nitrogens is 3. The number of carbonyl (C=O) groups excluding carboxylic acids is 1. The molecule has 0 spiro atoms. The van der Waals surface area contributed by atoms with E-state index >= 15 is 0 Å². The average molecular weight is 283 g/mol. The van der Waals surface area contributed by atoms with E-state index in [1.807, 2.05) is 0 Å². The van der Waals surface area contributed by atoms with Gasteiger partial charge in [0, 0.05) is 20.3 Å². The number of hydrogen-bond donors (Lipinski definition) is 2. The molecule has 1 aliphatic heterocycles. The van der Waals surface area contributed by atoms with Crippen molar-refractivity contribution in [1.29, 1.82) is 0 Å². The fraction of sp³-hybridized carbons (Fsp3) is 0.636. The minimum Gasteiger partial charge on any atom is -0.392 e. The van der Waals surface area contributed by atoms with Gasteiger partial charge in [-0.25, -0.2) is 4.98 Å². The lowest BCUT2D eigenvalue weighted by molar-refractivity contribution is -0.131. The molecule has 8 heteroatoms. The molecule has 1 aliphatic rings. The first-order chi connectivity index (χ1) is 9.04. The normalized spacial score (nSPS) is 17.9. The molecule has 0 bridgehead atoms. The Kier molecular flexibility index (Phi) is 4.11. The van der Waals surface area contributed by atoms with Gasteiger partial charge in [0.05, 0.1) is 11.5 Å². The Labute approximate surface area is 116 Å². The molecule has 0 saturated carbocycles. The smallest absolute Gasteiger partial charge is 0.233 e. The number of rotatable bonds is 4. The number of nitrogens with one attached hydrogen (secondary N) is 1. The van der Waals surface area contributed by atoms with Crippen LogP contribution in [0.2, 0.25) is 0 Å². The Bertz CT molecular complexity index is 481. The Morgan fingerprint density at radius 3 is 2.84 bits per heavy atom. The SMILES string of the molecule is Cn1cnc(CNC(=O)C2(C(N)=S)CCOCC2)n1. The molecule has 1 fully saturated rings. The minimum atomic E-state index is -0.803. The van der Waals surface area contributed by atoms with E-state index in [2.05, 4.69) is 15.4 Å². The molecule has 1 aromatic heterocycles. The van der Waals surface area contributed by atoms with Crippen molar-refractivity contribution in [3.8, 4) is 0 Å². The van der Waals surface area contributed by atoms with Gasteiger partial charge in [-0.2, -0.15) is 5.10 Å². The van der Waals surface area contributed by atoms with Gasteiger partial charge in [0.25, 0.3) is 0 Å². The molecule has 0 unspecified atom stereocenters. The molecule has 0 radical (unpaired) electrons. The highest BCUT2D eigenvalue weighted by Crippen LogP contribution is 2.31. The first-order valence-corrected chi connectivity index (χ1v) is 6.46. The Balaban J connectivity index is 2.02. The monoisotopic (exact) mass is 283 g/mol. The topological polar surface area (TPSA) is 95.1 Å². The second kappa shape index (κ2) is 5.62. The number of aryl methyl sites for hydroxylation is 1. The summed E-state index contributed by atoms with van der Waals surface area (Å²) >= 11 is 5.06. The molecular formula is C11H17N5O2S. The highest BCUT2D eigenvalue weighted by atomic mass is 32.1. The summed E-state index contributed by atoms with van der Waals surface area (Å²) < 4.78 is 6.85. The molecule has 1 saturated heterocycles. The third-order valence-electron chi connectivity index (χ3n) is 3.31. The second-order valence-electron chi connectivity index (χ2n) is 4.58. The van der Waals surface area contributed by atoms with E-state index in [4.69, 9.17) is 22.7 Å². The van der Waals surface area contributed by atoms with E-state index in [0.29, 0.717) is 31.9 Å². The molecular weight excluding hydrogens is 266 g/mol. The van der Waals surface area contributed by atoms with Crippen molar-refractivity contribution in [3.63, 3.8) is 0 Å². The van der Waals surface area contributed by atoms with Crippen molar-refractivity contribution in [3.05, 3.63) is 12.2 Å². The molecule has 0 atom stereocenters. The van der Waals surface area contributed by atoms with Gasteiger partial charge >= 0.3 is 0 Å². The lowest BCUT2D eigenvalue weighted by atomic mass is 9.79. The van der Waals surface area contributed by atoms with Crippen LogP contribution in [0.15, 0.2) is 6.33 Å². The molecule has 0 aromatic carbocycles. The van der Waals surface area contributed by atoms with Crippen LogP contribution in [0.25, 0.3) is 0 Å². The summed E-state index contributed by atoms with van der Waals surface area (Å²) in [5.74, 6) is 0.386. The van der Waals surface area contributed by atoms with E-state index in [1.54, 1.807) is 18.1 Å². The van der Waals surface area contributed by atoms with Crippen LogP contribution in [-0.4, -0.2) is 38.9 Å². The third-order valence-corrected chi connectivity index (χ3v) is 3.70. The number of nitrogens with two attached hydrogens (primary N) is 1. The van der Waals surface area contributed by atoms with Crippen LogP contribution < -0.4 is 11.1 Å². The molecule has 104 valence electrons. The largest absolute Gasteiger partial charge is 0.392 e. The van der Waals surface area contributed by atoms with E-state index in [1.165, 1.54) is 0 Å². The maximum atomic E-state index is 12.3. The zero-order valence-corrected chi connectivity index (χ0v) is 11.6. The van der Waals surface area contributed by atoms with Crippen molar-refractivity contribution < 1.29 is 9.53 Å². The van der Waals surface area contributed by atoms with Crippen molar-refractivity contribution >= 4 is 23.1 Å². The number of ether oxygens (including phenoxy) is 1. The van der Waals surface area contributed by atoms with Crippen LogP contribution in [0, 0.1) is 5.41 Å². The van der Waals surface area contributed by atoms with Gasteiger partial charge in [-0.1, -0.05) is 12.2 Å². The van der Waals surface area contributed by atoms with Crippen molar-refractivity contribution in [2.75, 3.05) is 13.2 Å². The highest BCUT2D eigenvalue weighted by molar-refractivity contribution is 7.80. The standard InChI is InChI=1S/C11H17N5O2S/c1-16-7-14-8(15-16)6-13-10(17)11(9(12)19)2-4-18-5-3-11/h7H,2-6H2,1H3,(H2,12,19)(H,13,17). The van der Waals surface area contributed by atoms with Gasteiger partial charge in [-0.05, 0) is 12.8 Å². The quantitative estimate of drug-likeness (QED) is 0.724. The van der Waals surface area contributed by atoms with Gasteiger partial charge in [-0.3, -0.25) is 9.48 Å².